The first kappa shape index (κ1) is 21.2. The van der Waals surface area contributed by atoms with Gasteiger partial charge < -0.3 is 14.6 Å². The molecule has 9 heteroatoms. The van der Waals surface area contributed by atoms with Crippen LogP contribution in [0.25, 0.3) is 22.2 Å². The summed E-state index contributed by atoms with van der Waals surface area (Å²) < 4.78 is 38.1. The molecule has 0 bridgehead atoms. The van der Waals surface area contributed by atoms with Crippen LogP contribution >= 0.6 is 0 Å². The molecule has 0 atom stereocenters. The number of rotatable bonds is 6. The summed E-state index contributed by atoms with van der Waals surface area (Å²) in [5, 5.41) is 10.1. The fraction of sp³-hybridized carbons (Fsp3) is 0.273. The van der Waals surface area contributed by atoms with Crippen molar-refractivity contribution in [1.82, 2.24) is 9.29 Å². The Bertz CT molecular complexity index is 1240. The molecule has 3 aromatic rings. The van der Waals surface area contributed by atoms with Crippen molar-refractivity contribution in [3.8, 4) is 17.0 Å². The second kappa shape index (κ2) is 8.62. The van der Waals surface area contributed by atoms with Gasteiger partial charge in [-0.2, -0.15) is 4.31 Å². The Balaban J connectivity index is 1.82. The molecule has 0 spiro atoms. The van der Waals surface area contributed by atoms with Crippen LogP contribution in [0.2, 0.25) is 0 Å². The summed E-state index contributed by atoms with van der Waals surface area (Å²) in [7, 11) is -3.75. The standard InChI is InChI=1S/C22H22N2O6S/c1-2-30-16-5-3-4-15(12-16)21-14-19(22(25)26)18-13-17(6-7-20(18)23-21)31(27,28)24-8-10-29-11-9-24/h3-7,12-14H,2,8-11H2,1H3,(H,25,26). The lowest BCUT2D eigenvalue weighted by molar-refractivity contribution is 0.0699. The summed E-state index contributed by atoms with van der Waals surface area (Å²) >= 11 is 0. The lowest BCUT2D eigenvalue weighted by atomic mass is 10.0. The number of sulfonamides is 1. The summed E-state index contributed by atoms with van der Waals surface area (Å²) in [6, 6.07) is 13.1. The van der Waals surface area contributed by atoms with Crippen LogP contribution in [0, 0.1) is 0 Å². The van der Waals surface area contributed by atoms with Crippen molar-refractivity contribution < 1.29 is 27.8 Å². The fourth-order valence-corrected chi connectivity index (χ4v) is 4.97. The van der Waals surface area contributed by atoms with Crippen LogP contribution < -0.4 is 4.74 Å². The number of pyridine rings is 1. The van der Waals surface area contributed by atoms with Crippen molar-refractivity contribution in [3.63, 3.8) is 0 Å². The van der Waals surface area contributed by atoms with Gasteiger partial charge in [0.1, 0.15) is 5.75 Å². The van der Waals surface area contributed by atoms with Gasteiger partial charge in [-0.3, -0.25) is 0 Å². The van der Waals surface area contributed by atoms with Gasteiger partial charge in [-0.25, -0.2) is 18.2 Å². The minimum atomic E-state index is -3.75. The molecule has 1 fully saturated rings. The molecular formula is C22H22N2O6S. The van der Waals surface area contributed by atoms with E-state index in [9.17, 15) is 18.3 Å². The molecule has 1 aliphatic rings. The molecule has 1 saturated heterocycles. The number of aromatic carboxylic acids is 1. The highest BCUT2D eigenvalue weighted by Crippen LogP contribution is 2.29. The molecule has 162 valence electrons. The lowest BCUT2D eigenvalue weighted by Crippen LogP contribution is -2.40. The highest BCUT2D eigenvalue weighted by atomic mass is 32.2. The van der Waals surface area contributed by atoms with Gasteiger partial charge in [-0.1, -0.05) is 12.1 Å². The average Bonchev–Trinajstić information content (AvgIpc) is 2.79. The van der Waals surface area contributed by atoms with Crippen LogP contribution in [0.15, 0.2) is 53.4 Å². The van der Waals surface area contributed by atoms with Crippen LogP contribution in [0.5, 0.6) is 5.75 Å². The average molecular weight is 442 g/mol. The molecule has 0 saturated carbocycles. The zero-order chi connectivity index (χ0) is 22.0. The summed E-state index contributed by atoms with van der Waals surface area (Å²) in [6.45, 7) is 3.58. The zero-order valence-corrected chi connectivity index (χ0v) is 17.8. The number of benzene rings is 2. The molecule has 1 aliphatic heterocycles. The number of carbonyl (C=O) groups is 1. The second-order valence-corrected chi connectivity index (χ2v) is 8.95. The van der Waals surface area contributed by atoms with Crippen LogP contribution in [-0.2, 0) is 14.8 Å². The molecule has 4 rings (SSSR count). The first-order valence-electron chi connectivity index (χ1n) is 9.89. The SMILES string of the molecule is CCOc1cccc(-c2cc(C(=O)O)c3cc(S(=O)(=O)N4CCOCC4)ccc3n2)c1. The highest BCUT2D eigenvalue weighted by molar-refractivity contribution is 7.89. The van der Waals surface area contributed by atoms with Gasteiger partial charge in [0.25, 0.3) is 0 Å². The molecular weight excluding hydrogens is 420 g/mol. The maximum absolute atomic E-state index is 13.0. The molecule has 8 nitrogen and oxygen atoms in total. The second-order valence-electron chi connectivity index (χ2n) is 7.02. The molecule has 2 aromatic carbocycles. The number of carboxylic acid groups (broad SMARTS) is 1. The van der Waals surface area contributed by atoms with Crippen LogP contribution in [-0.4, -0.2) is 61.7 Å². The number of fused-ring (bicyclic) bond motifs is 1. The smallest absolute Gasteiger partial charge is 0.336 e. The first-order chi connectivity index (χ1) is 14.9. The Morgan fingerprint density at radius 1 is 1.16 bits per heavy atom. The fourth-order valence-electron chi connectivity index (χ4n) is 3.54. The third kappa shape index (κ3) is 4.25. The van der Waals surface area contributed by atoms with Gasteiger partial charge in [0.15, 0.2) is 0 Å². The van der Waals surface area contributed by atoms with Gasteiger partial charge in [0, 0.05) is 24.0 Å². The number of hydrogen-bond donors (Lipinski definition) is 1. The van der Waals surface area contributed by atoms with E-state index in [1.807, 2.05) is 25.1 Å². The molecule has 1 aromatic heterocycles. The predicted octanol–water partition coefficient (Wildman–Crippen LogP) is 3.02. The largest absolute Gasteiger partial charge is 0.494 e. The van der Waals surface area contributed by atoms with Crippen molar-refractivity contribution in [2.24, 2.45) is 0 Å². The number of morpholine rings is 1. The van der Waals surface area contributed by atoms with E-state index in [0.29, 0.717) is 42.3 Å². The van der Waals surface area contributed by atoms with Crippen molar-refractivity contribution in [2.45, 2.75) is 11.8 Å². The number of carboxylic acids is 1. The van der Waals surface area contributed by atoms with Gasteiger partial charge >= 0.3 is 5.97 Å². The van der Waals surface area contributed by atoms with E-state index in [1.54, 1.807) is 12.1 Å². The monoisotopic (exact) mass is 442 g/mol. The Kier molecular flexibility index (Phi) is 5.90. The van der Waals surface area contributed by atoms with Crippen molar-refractivity contribution in [1.29, 1.82) is 0 Å². The molecule has 2 heterocycles. The number of nitrogens with zero attached hydrogens (tertiary/aromatic N) is 2. The van der Waals surface area contributed by atoms with Gasteiger partial charge in [0.2, 0.25) is 10.0 Å². The number of hydrogen-bond acceptors (Lipinski definition) is 6. The van der Waals surface area contributed by atoms with Crippen molar-refractivity contribution in [3.05, 3.63) is 54.1 Å². The zero-order valence-electron chi connectivity index (χ0n) is 16.9. The first-order valence-corrected chi connectivity index (χ1v) is 11.3. The Hall–Kier alpha value is -3.01. The molecule has 31 heavy (non-hydrogen) atoms. The van der Waals surface area contributed by atoms with Gasteiger partial charge in [-0.15, -0.1) is 0 Å². The van der Waals surface area contributed by atoms with E-state index in [0.717, 1.165) is 0 Å². The maximum atomic E-state index is 13.0. The van der Waals surface area contributed by atoms with E-state index >= 15 is 0 Å². The van der Waals surface area contributed by atoms with Gasteiger partial charge in [0.05, 0.1) is 41.5 Å². The third-order valence-corrected chi connectivity index (χ3v) is 6.95. The Morgan fingerprint density at radius 2 is 1.94 bits per heavy atom. The third-order valence-electron chi connectivity index (χ3n) is 5.06. The Morgan fingerprint density at radius 3 is 2.65 bits per heavy atom. The highest BCUT2D eigenvalue weighted by Gasteiger charge is 2.27. The van der Waals surface area contributed by atoms with E-state index in [2.05, 4.69) is 4.98 Å². The summed E-state index contributed by atoms with van der Waals surface area (Å²) in [5.41, 5.74) is 1.56. The predicted molar refractivity (Wildman–Crippen MR) is 115 cm³/mol. The molecule has 0 unspecified atom stereocenters. The topological polar surface area (TPSA) is 106 Å². The van der Waals surface area contributed by atoms with Crippen LogP contribution in [0.1, 0.15) is 17.3 Å². The summed E-state index contributed by atoms with van der Waals surface area (Å²) in [5.74, 6) is -0.499. The summed E-state index contributed by atoms with van der Waals surface area (Å²) in [4.78, 5) is 16.6. The minimum absolute atomic E-state index is 0.0131. The van der Waals surface area contributed by atoms with Gasteiger partial charge in [-0.05, 0) is 43.3 Å². The van der Waals surface area contributed by atoms with Crippen molar-refractivity contribution in [2.75, 3.05) is 32.9 Å². The summed E-state index contributed by atoms with van der Waals surface area (Å²) in [6.07, 6.45) is 0. The Labute approximate surface area is 180 Å². The number of aromatic nitrogens is 1. The lowest BCUT2D eigenvalue weighted by Gasteiger charge is -2.26. The molecule has 0 radical (unpaired) electrons. The number of ether oxygens (including phenoxy) is 2. The van der Waals surface area contributed by atoms with Crippen LogP contribution in [0.4, 0.5) is 0 Å². The van der Waals surface area contributed by atoms with E-state index in [4.69, 9.17) is 9.47 Å². The van der Waals surface area contributed by atoms with E-state index in [1.165, 1.54) is 22.5 Å². The maximum Gasteiger partial charge on any atom is 0.336 e. The van der Waals surface area contributed by atoms with E-state index < -0.39 is 16.0 Å². The molecule has 0 aliphatic carbocycles. The van der Waals surface area contributed by atoms with E-state index in [-0.39, 0.29) is 28.9 Å². The normalized spacial score (nSPS) is 15.1. The van der Waals surface area contributed by atoms with Crippen LogP contribution in [0.3, 0.4) is 0 Å². The molecule has 1 N–H and O–H groups in total. The quantitative estimate of drug-likeness (QED) is 0.625. The molecule has 0 amide bonds. The van der Waals surface area contributed by atoms with Crippen molar-refractivity contribution >= 4 is 26.9 Å². The minimum Gasteiger partial charge on any atom is -0.494 e.